The molecule has 0 saturated carbocycles. The molecule has 0 bridgehead atoms. The minimum atomic E-state index is 0.222. The van der Waals surface area contributed by atoms with Gasteiger partial charge in [0.25, 0.3) is 0 Å². The molecule has 0 unspecified atom stereocenters. The first-order valence-electron chi connectivity index (χ1n) is 4.38. The molecule has 0 saturated heterocycles. The number of ether oxygens (including phenoxy) is 1. The van der Waals surface area contributed by atoms with E-state index in [1.165, 1.54) is 0 Å². The summed E-state index contributed by atoms with van der Waals surface area (Å²) in [5.41, 5.74) is 1.74. The fourth-order valence-electron chi connectivity index (χ4n) is 1.02. The van der Waals surface area contributed by atoms with Gasteiger partial charge in [0.2, 0.25) is 0 Å². The third-order valence-corrected chi connectivity index (χ3v) is 1.67. The highest BCUT2D eigenvalue weighted by molar-refractivity contribution is 5.74. The molecule has 0 radical (unpaired) electrons. The number of benzene rings is 1. The molecular weight excluding hydrogens is 164 g/mol. The van der Waals surface area contributed by atoms with Crippen LogP contribution in [0.5, 0.6) is 0 Å². The molecule has 0 spiro atoms. The summed E-state index contributed by atoms with van der Waals surface area (Å²) >= 11 is 0. The van der Waals surface area contributed by atoms with Crippen molar-refractivity contribution in [1.82, 2.24) is 0 Å². The van der Waals surface area contributed by atoms with Crippen molar-refractivity contribution in [2.75, 3.05) is 0 Å². The normalized spacial score (nSPS) is 10.4. The molecule has 13 heavy (non-hydrogen) atoms. The third-order valence-electron chi connectivity index (χ3n) is 1.67. The van der Waals surface area contributed by atoms with Gasteiger partial charge in [0, 0.05) is 5.56 Å². The lowest BCUT2D eigenvalue weighted by Gasteiger charge is -2.07. The zero-order valence-corrected chi connectivity index (χ0v) is 7.99. The number of hydrogen-bond acceptors (Lipinski definition) is 2. The van der Waals surface area contributed by atoms with Crippen molar-refractivity contribution < 1.29 is 9.53 Å². The zero-order valence-electron chi connectivity index (χ0n) is 7.99. The molecule has 2 nitrogen and oxygen atoms in total. The van der Waals surface area contributed by atoms with Gasteiger partial charge in [0.15, 0.2) is 0 Å². The Balaban J connectivity index is 2.61. The molecule has 0 atom stereocenters. The van der Waals surface area contributed by atoms with E-state index in [9.17, 15) is 4.79 Å². The van der Waals surface area contributed by atoms with Crippen molar-refractivity contribution in [3.63, 3.8) is 0 Å². The predicted molar refractivity (Wildman–Crippen MR) is 51.8 cm³/mol. The molecule has 0 aliphatic heterocycles. The number of hydrogen-bond donors (Lipinski definition) is 0. The Morgan fingerprint density at radius 2 is 2.23 bits per heavy atom. The maximum Gasteiger partial charge on any atom is 0.150 e. The maximum absolute atomic E-state index is 10.5. The Labute approximate surface area is 78.5 Å². The van der Waals surface area contributed by atoms with E-state index in [4.69, 9.17) is 4.74 Å². The van der Waals surface area contributed by atoms with Crippen LogP contribution in [0.25, 0.3) is 0 Å². The Kier molecular flexibility index (Phi) is 3.65. The Bertz CT molecular complexity index is 279. The van der Waals surface area contributed by atoms with E-state index in [0.717, 1.165) is 11.8 Å². The van der Waals surface area contributed by atoms with Crippen LogP contribution in [0.1, 0.15) is 29.8 Å². The molecule has 0 heterocycles. The predicted octanol–water partition coefficient (Wildman–Crippen LogP) is 2.42. The lowest BCUT2D eigenvalue weighted by molar-refractivity contribution is 0.0657. The Morgan fingerprint density at radius 3 is 2.85 bits per heavy atom. The Hall–Kier alpha value is -1.15. The minimum absolute atomic E-state index is 0.222. The topological polar surface area (TPSA) is 26.3 Å². The maximum atomic E-state index is 10.5. The van der Waals surface area contributed by atoms with Crippen LogP contribution >= 0.6 is 0 Å². The molecule has 1 rings (SSSR count). The van der Waals surface area contributed by atoms with Crippen LogP contribution in [-0.2, 0) is 11.3 Å². The standard InChI is InChI=1S/C11H14O2/c1-9(2)13-8-11-5-3-4-10(6-11)7-12/h3-7,9H,8H2,1-2H3. The SMILES string of the molecule is CC(C)OCc1cccc(C=O)c1. The molecule has 70 valence electrons. The molecule has 1 aromatic rings. The van der Waals surface area contributed by atoms with Crippen LogP contribution in [0.15, 0.2) is 24.3 Å². The summed E-state index contributed by atoms with van der Waals surface area (Å²) in [5.74, 6) is 0. The molecule has 0 aromatic heterocycles. The smallest absolute Gasteiger partial charge is 0.150 e. The lowest BCUT2D eigenvalue weighted by Crippen LogP contribution is -2.02. The van der Waals surface area contributed by atoms with Gasteiger partial charge >= 0.3 is 0 Å². The number of rotatable bonds is 4. The minimum Gasteiger partial charge on any atom is -0.374 e. The van der Waals surface area contributed by atoms with Crippen molar-refractivity contribution in [2.24, 2.45) is 0 Å². The van der Waals surface area contributed by atoms with Gasteiger partial charge in [-0.15, -0.1) is 0 Å². The fraction of sp³-hybridized carbons (Fsp3) is 0.364. The van der Waals surface area contributed by atoms with Crippen molar-refractivity contribution in [3.05, 3.63) is 35.4 Å². The van der Waals surface area contributed by atoms with Crippen LogP contribution in [-0.4, -0.2) is 12.4 Å². The van der Waals surface area contributed by atoms with Crippen molar-refractivity contribution in [2.45, 2.75) is 26.6 Å². The number of carbonyl (C=O) groups excluding carboxylic acids is 1. The first-order chi connectivity index (χ1) is 6.22. The quantitative estimate of drug-likeness (QED) is 0.662. The van der Waals surface area contributed by atoms with E-state index in [2.05, 4.69) is 0 Å². The Morgan fingerprint density at radius 1 is 1.46 bits per heavy atom. The molecule has 1 aromatic carbocycles. The summed E-state index contributed by atoms with van der Waals surface area (Å²) in [6.45, 7) is 4.55. The molecule has 0 amide bonds. The van der Waals surface area contributed by atoms with Gasteiger partial charge in [-0.2, -0.15) is 0 Å². The van der Waals surface area contributed by atoms with Gasteiger partial charge in [-0.1, -0.05) is 18.2 Å². The van der Waals surface area contributed by atoms with Gasteiger partial charge in [-0.3, -0.25) is 4.79 Å². The lowest BCUT2D eigenvalue weighted by atomic mass is 10.1. The highest BCUT2D eigenvalue weighted by Crippen LogP contribution is 2.05. The van der Waals surface area contributed by atoms with Gasteiger partial charge < -0.3 is 4.74 Å². The van der Waals surface area contributed by atoms with E-state index in [-0.39, 0.29) is 6.10 Å². The second kappa shape index (κ2) is 4.77. The van der Waals surface area contributed by atoms with Gasteiger partial charge in [0.05, 0.1) is 12.7 Å². The first kappa shape index (κ1) is 9.93. The van der Waals surface area contributed by atoms with E-state index in [0.29, 0.717) is 12.2 Å². The average Bonchev–Trinajstić information content (AvgIpc) is 2.15. The van der Waals surface area contributed by atoms with Crippen molar-refractivity contribution >= 4 is 6.29 Å². The van der Waals surface area contributed by atoms with E-state index in [1.54, 1.807) is 6.07 Å². The van der Waals surface area contributed by atoms with E-state index < -0.39 is 0 Å². The molecular formula is C11H14O2. The van der Waals surface area contributed by atoms with Crippen LogP contribution in [0, 0.1) is 0 Å². The average molecular weight is 178 g/mol. The summed E-state index contributed by atoms with van der Waals surface area (Å²) in [6, 6.07) is 7.44. The molecule has 2 heteroatoms. The van der Waals surface area contributed by atoms with Crippen LogP contribution < -0.4 is 0 Å². The van der Waals surface area contributed by atoms with Crippen LogP contribution in [0.2, 0.25) is 0 Å². The van der Waals surface area contributed by atoms with Gasteiger partial charge in [-0.05, 0) is 25.5 Å². The highest BCUT2D eigenvalue weighted by atomic mass is 16.5. The molecule has 0 N–H and O–H groups in total. The summed E-state index contributed by atoms with van der Waals surface area (Å²) in [7, 11) is 0. The molecule has 0 aliphatic rings. The van der Waals surface area contributed by atoms with E-state index in [1.807, 2.05) is 32.0 Å². The highest BCUT2D eigenvalue weighted by Gasteiger charge is 1.97. The molecule has 0 aliphatic carbocycles. The molecule has 0 fully saturated rings. The van der Waals surface area contributed by atoms with Gasteiger partial charge in [0.1, 0.15) is 6.29 Å². The van der Waals surface area contributed by atoms with E-state index >= 15 is 0 Å². The summed E-state index contributed by atoms with van der Waals surface area (Å²) < 4.78 is 5.41. The summed E-state index contributed by atoms with van der Waals surface area (Å²) in [6.07, 6.45) is 1.07. The number of aldehydes is 1. The van der Waals surface area contributed by atoms with Crippen molar-refractivity contribution in [3.8, 4) is 0 Å². The first-order valence-corrected chi connectivity index (χ1v) is 4.38. The van der Waals surface area contributed by atoms with Gasteiger partial charge in [-0.25, -0.2) is 0 Å². The monoisotopic (exact) mass is 178 g/mol. The van der Waals surface area contributed by atoms with Crippen LogP contribution in [0.4, 0.5) is 0 Å². The fourth-order valence-corrected chi connectivity index (χ4v) is 1.02. The zero-order chi connectivity index (χ0) is 9.68. The second-order valence-electron chi connectivity index (χ2n) is 3.22. The summed E-state index contributed by atoms with van der Waals surface area (Å²) in [4.78, 5) is 10.5. The second-order valence-corrected chi connectivity index (χ2v) is 3.22. The van der Waals surface area contributed by atoms with Crippen LogP contribution in [0.3, 0.4) is 0 Å². The summed E-state index contributed by atoms with van der Waals surface area (Å²) in [5, 5.41) is 0. The largest absolute Gasteiger partial charge is 0.374 e. The van der Waals surface area contributed by atoms with Crippen molar-refractivity contribution in [1.29, 1.82) is 0 Å². The number of carbonyl (C=O) groups is 1. The third kappa shape index (κ3) is 3.38.